The van der Waals surface area contributed by atoms with Gasteiger partial charge in [-0.2, -0.15) is 4.98 Å². The smallest absolute Gasteiger partial charge is 0.230 e. The van der Waals surface area contributed by atoms with Crippen molar-refractivity contribution in [3.05, 3.63) is 60.0 Å². The molecular formula is C25H27N3O4. The Labute approximate surface area is 187 Å². The van der Waals surface area contributed by atoms with Crippen LogP contribution < -0.4 is 9.47 Å². The Balaban J connectivity index is 1.13. The Morgan fingerprint density at radius 1 is 1.00 bits per heavy atom. The molecule has 1 fully saturated rings. The number of ether oxygens (including phenoxy) is 2. The van der Waals surface area contributed by atoms with Crippen LogP contribution in [0.5, 0.6) is 11.5 Å². The highest BCUT2D eigenvalue weighted by molar-refractivity contribution is 5.76. The van der Waals surface area contributed by atoms with Crippen LogP contribution in [0.1, 0.15) is 43.1 Å². The van der Waals surface area contributed by atoms with Gasteiger partial charge in [0.2, 0.25) is 17.6 Å². The van der Waals surface area contributed by atoms with Crippen LogP contribution in [-0.4, -0.2) is 47.3 Å². The second-order valence-electron chi connectivity index (χ2n) is 8.31. The first-order valence-corrected chi connectivity index (χ1v) is 11.3. The lowest BCUT2D eigenvalue weighted by Crippen LogP contribution is -2.38. The van der Waals surface area contributed by atoms with Crippen LogP contribution in [0.25, 0.3) is 11.4 Å². The maximum Gasteiger partial charge on any atom is 0.230 e. The molecule has 7 heteroatoms. The molecule has 166 valence electrons. The number of rotatable bonds is 5. The number of carbonyl (C=O) groups is 1. The minimum atomic E-state index is 0.186. The van der Waals surface area contributed by atoms with Crippen LogP contribution in [0.2, 0.25) is 0 Å². The number of aryl methyl sites for hydroxylation is 1. The van der Waals surface area contributed by atoms with Crippen molar-refractivity contribution in [3.8, 4) is 22.9 Å². The van der Waals surface area contributed by atoms with Crippen molar-refractivity contribution in [2.75, 3.05) is 26.3 Å². The van der Waals surface area contributed by atoms with Crippen LogP contribution in [0.3, 0.4) is 0 Å². The monoisotopic (exact) mass is 433 g/mol. The number of nitrogens with zero attached hydrogens (tertiary/aromatic N) is 3. The highest BCUT2D eigenvalue weighted by Crippen LogP contribution is 2.31. The number of benzene rings is 2. The van der Waals surface area contributed by atoms with Gasteiger partial charge < -0.3 is 18.9 Å². The average molecular weight is 434 g/mol. The SMILES string of the molecule is O=C(CCc1ccc2c(c1)OCCCO2)N1CCC(c2nc(-c3ccccc3)no2)CC1. The number of amides is 1. The Morgan fingerprint density at radius 3 is 2.59 bits per heavy atom. The summed E-state index contributed by atoms with van der Waals surface area (Å²) in [6, 6.07) is 15.8. The summed E-state index contributed by atoms with van der Waals surface area (Å²) in [6.45, 7) is 2.77. The van der Waals surface area contributed by atoms with Gasteiger partial charge in [-0.25, -0.2) is 0 Å². The van der Waals surface area contributed by atoms with Crippen molar-refractivity contribution in [2.24, 2.45) is 0 Å². The van der Waals surface area contributed by atoms with Crippen LogP contribution >= 0.6 is 0 Å². The standard InChI is InChI=1S/C25H27N3O4/c29-23(10-8-18-7-9-21-22(17-18)31-16-4-15-30-21)28-13-11-20(12-14-28)25-26-24(27-32-25)19-5-2-1-3-6-19/h1-3,5-7,9,17,20H,4,8,10-16H2. The summed E-state index contributed by atoms with van der Waals surface area (Å²) in [6.07, 6.45) is 3.75. The summed E-state index contributed by atoms with van der Waals surface area (Å²) in [4.78, 5) is 19.3. The first-order chi connectivity index (χ1) is 15.8. The summed E-state index contributed by atoms with van der Waals surface area (Å²) < 4.78 is 17.0. The molecule has 1 aromatic heterocycles. The second-order valence-corrected chi connectivity index (χ2v) is 8.31. The molecule has 3 aromatic rings. The summed E-state index contributed by atoms with van der Waals surface area (Å²) in [7, 11) is 0. The highest BCUT2D eigenvalue weighted by Gasteiger charge is 2.27. The maximum absolute atomic E-state index is 12.8. The summed E-state index contributed by atoms with van der Waals surface area (Å²) in [5.74, 6) is 3.24. The van der Waals surface area contributed by atoms with E-state index in [9.17, 15) is 4.79 Å². The molecule has 2 aliphatic rings. The van der Waals surface area contributed by atoms with Gasteiger partial charge >= 0.3 is 0 Å². The summed E-state index contributed by atoms with van der Waals surface area (Å²) >= 11 is 0. The topological polar surface area (TPSA) is 77.7 Å². The molecule has 7 nitrogen and oxygen atoms in total. The molecule has 1 amide bonds. The fraction of sp³-hybridized carbons (Fsp3) is 0.400. The van der Waals surface area contributed by atoms with Gasteiger partial charge in [0.25, 0.3) is 0 Å². The summed E-state index contributed by atoms with van der Waals surface area (Å²) in [5.41, 5.74) is 2.04. The number of piperidine rings is 1. The van der Waals surface area contributed by atoms with E-state index in [-0.39, 0.29) is 11.8 Å². The number of likely N-dealkylation sites (tertiary alicyclic amines) is 1. The third-order valence-corrected chi connectivity index (χ3v) is 6.11. The van der Waals surface area contributed by atoms with E-state index >= 15 is 0 Å². The van der Waals surface area contributed by atoms with Gasteiger partial charge in [-0.1, -0.05) is 41.6 Å². The van der Waals surface area contributed by atoms with Crippen molar-refractivity contribution in [2.45, 2.75) is 38.0 Å². The van der Waals surface area contributed by atoms with E-state index in [4.69, 9.17) is 14.0 Å². The molecule has 2 aliphatic heterocycles. The number of aromatic nitrogens is 2. The number of carbonyl (C=O) groups excluding carboxylic acids is 1. The zero-order valence-corrected chi connectivity index (χ0v) is 18.0. The Hall–Kier alpha value is -3.35. The fourth-order valence-electron chi connectivity index (χ4n) is 4.25. The van der Waals surface area contributed by atoms with Crippen molar-refractivity contribution in [3.63, 3.8) is 0 Å². The minimum Gasteiger partial charge on any atom is -0.490 e. The van der Waals surface area contributed by atoms with Gasteiger partial charge in [0, 0.05) is 37.4 Å². The fourth-order valence-corrected chi connectivity index (χ4v) is 4.25. The predicted molar refractivity (Wildman–Crippen MR) is 119 cm³/mol. The van der Waals surface area contributed by atoms with Crippen molar-refractivity contribution < 1.29 is 18.8 Å². The molecule has 0 N–H and O–H groups in total. The molecule has 0 spiro atoms. The molecule has 0 atom stereocenters. The van der Waals surface area contributed by atoms with E-state index in [0.717, 1.165) is 41.9 Å². The molecule has 0 radical (unpaired) electrons. The van der Waals surface area contributed by atoms with Crippen molar-refractivity contribution >= 4 is 5.91 Å². The first-order valence-electron chi connectivity index (χ1n) is 11.3. The molecule has 0 bridgehead atoms. The predicted octanol–water partition coefficient (Wildman–Crippen LogP) is 4.24. The van der Waals surface area contributed by atoms with E-state index in [0.29, 0.717) is 50.9 Å². The van der Waals surface area contributed by atoms with E-state index in [2.05, 4.69) is 10.1 Å². The normalized spacial score (nSPS) is 16.6. The molecule has 0 unspecified atom stereocenters. The number of hydrogen-bond donors (Lipinski definition) is 0. The molecular weight excluding hydrogens is 406 g/mol. The van der Waals surface area contributed by atoms with Gasteiger partial charge in [-0.3, -0.25) is 4.79 Å². The summed E-state index contributed by atoms with van der Waals surface area (Å²) in [5, 5.41) is 4.13. The van der Waals surface area contributed by atoms with Gasteiger partial charge in [0.05, 0.1) is 13.2 Å². The van der Waals surface area contributed by atoms with Gasteiger partial charge in [-0.15, -0.1) is 0 Å². The lowest BCUT2D eigenvalue weighted by Gasteiger charge is -2.30. The van der Waals surface area contributed by atoms with Crippen LogP contribution in [0.4, 0.5) is 0 Å². The average Bonchev–Trinajstić information content (AvgIpc) is 3.23. The highest BCUT2D eigenvalue weighted by atomic mass is 16.5. The molecule has 0 saturated carbocycles. The van der Waals surface area contributed by atoms with E-state index < -0.39 is 0 Å². The van der Waals surface area contributed by atoms with Gasteiger partial charge in [0.1, 0.15) is 0 Å². The first kappa shape index (κ1) is 20.5. The minimum absolute atomic E-state index is 0.186. The molecule has 3 heterocycles. The lowest BCUT2D eigenvalue weighted by molar-refractivity contribution is -0.132. The number of hydrogen-bond acceptors (Lipinski definition) is 6. The molecule has 0 aliphatic carbocycles. The van der Waals surface area contributed by atoms with E-state index in [1.807, 2.05) is 53.4 Å². The van der Waals surface area contributed by atoms with E-state index in [1.54, 1.807) is 0 Å². The second kappa shape index (κ2) is 9.42. The number of fused-ring (bicyclic) bond motifs is 1. The lowest BCUT2D eigenvalue weighted by atomic mass is 9.96. The molecule has 32 heavy (non-hydrogen) atoms. The molecule has 5 rings (SSSR count). The van der Waals surface area contributed by atoms with Crippen LogP contribution in [0.15, 0.2) is 53.1 Å². The van der Waals surface area contributed by atoms with Crippen LogP contribution in [-0.2, 0) is 11.2 Å². The van der Waals surface area contributed by atoms with Gasteiger partial charge in [0.15, 0.2) is 11.5 Å². The molecule has 2 aromatic carbocycles. The molecule has 1 saturated heterocycles. The third kappa shape index (κ3) is 4.61. The van der Waals surface area contributed by atoms with E-state index in [1.165, 1.54) is 0 Å². The van der Waals surface area contributed by atoms with Crippen LogP contribution in [0, 0.1) is 0 Å². The van der Waals surface area contributed by atoms with Gasteiger partial charge in [-0.05, 0) is 37.0 Å². The van der Waals surface area contributed by atoms with Crippen molar-refractivity contribution in [1.29, 1.82) is 0 Å². The Morgan fingerprint density at radius 2 is 1.78 bits per heavy atom. The zero-order valence-electron chi connectivity index (χ0n) is 18.0. The third-order valence-electron chi connectivity index (χ3n) is 6.11. The largest absolute Gasteiger partial charge is 0.490 e. The Kier molecular flexibility index (Phi) is 6.05. The zero-order chi connectivity index (χ0) is 21.8. The maximum atomic E-state index is 12.8. The van der Waals surface area contributed by atoms with Crippen molar-refractivity contribution in [1.82, 2.24) is 15.0 Å². The quantitative estimate of drug-likeness (QED) is 0.599. The Bertz CT molecular complexity index is 1060.